The van der Waals surface area contributed by atoms with Gasteiger partial charge >= 0.3 is 21.7 Å². The first-order valence-electron chi connectivity index (χ1n) is 11.3. The van der Waals surface area contributed by atoms with Crippen molar-refractivity contribution in [2.75, 3.05) is 0 Å². The molecule has 0 heterocycles. The molecular formula is C28H32F4O2Si2Ti. The molecule has 2 aromatic rings. The van der Waals surface area contributed by atoms with Crippen molar-refractivity contribution in [2.24, 2.45) is 0 Å². The van der Waals surface area contributed by atoms with Gasteiger partial charge in [0.1, 0.15) is 0 Å². The Morgan fingerprint density at radius 3 is 1.16 bits per heavy atom. The van der Waals surface area contributed by atoms with Crippen LogP contribution in [0.15, 0.2) is 60.7 Å². The van der Waals surface area contributed by atoms with Crippen LogP contribution >= 0.6 is 0 Å². The summed E-state index contributed by atoms with van der Waals surface area (Å²) < 4.78 is 61.6. The molecule has 4 rings (SSSR count). The van der Waals surface area contributed by atoms with Crippen LogP contribution in [-0.2, 0) is 21.7 Å². The van der Waals surface area contributed by atoms with Crippen LogP contribution in [0.2, 0.25) is 39.3 Å². The molecule has 37 heavy (non-hydrogen) atoms. The monoisotopic (exact) mass is 580 g/mol. The van der Waals surface area contributed by atoms with Crippen LogP contribution in [-0.4, -0.2) is 16.6 Å². The standard InChI is InChI=1S/2C9H11F2OSi.2C5H5.Ti/c2*1-13(2,3)12-9-5-4-7(10)6-8(9)11;2*1-2-4-5-3-1;/h2*4-5H,1-3H3;2*1-3H,4H2;/q4*-1;+4. The summed E-state index contributed by atoms with van der Waals surface area (Å²) >= 11 is 0. The second-order valence-corrected chi connectivity index (χ2v) is 18.3. The molecular weight excluding hydrogens is 548 g/mol. The zero-order valence-corrected chi connectivity index (χ0v) is 25.6. The average Bonchev–Trinajstić information content (AvgIpc) is 3.50. The fourth-order valence-electron chi connectivity index (χ4n) is 2.36. The third kappa shape index (κ3) is 17.9. The van der Waals surface area contributed by atoms with Crippen molar-refractivity contribution in [1.82, 2.24) is 0 Å². The first kappa shape index (κ1) is 34.9. The summed E-state index contributed by atoms with van der Waals surface area (Å²) in [5.41, 5.74) is 0. The largest absolute Gasteiger partial charge is 4.00 e. The molecule has 2 aliphatic rings. The molecule has 0 saturated heterocycles. The predicted octanol–water partition coefficient (Wildman–Crippen LogP) is 8.57. The Morgan fingerprint density at radius 1 is 0.622 bits per heavy atom. The van der Waals surface area contributed by atoms with Gasteiger partial charge in [-0.1, -0.05) is 0 Å². The Balaban J connectivity index is 0.000000502. The summed E-state index contributed by atoms with van der Waals surface area (Å²) in [4.78, 5) is 0. The van der Waals surface area contributed by atoms with Crippen LogP contribution in [0.1, 0.15) is 12.8 Å². The summed E-state index contributed by atoms with van der Waals surface area (Å²) in [5, 5.41) is 0. The quantitative estimate of drug-likeness (QED) is 0.205. The average molecular weight is 581 g/mol. The van der Waals surface area contributed by atoms with Gasteiger partial charge in [-0.3, -0.25) is 12.2 Å². The second kappa shape index (κ2) is 17.4. The van der Waals surface area contributed by atoms with Crippen LogP contribution in [0, 0.1) is 47.6 Å². The minimum atomic E-state index is -1.83. The maximum Gasteiger partial charge on any atom is 4.00 e. The molecule has 0 unspecified atom stereocenters. The molecule has 0 aromatic heterocycles. The molecule has 0 N–H and O–H groups in total. The van der Waals surface area contributed by atoms with Gasteiger partial charge in [0.25, 0.3) is 0 Å². The number of benzene rings is 2. The van der Waals surface area contributed by atoms with E-state index in [9.17, 15) is 17.6 Å². The van der Waals surface area contributed by atoms with Gasteiger partial charge in [-0.25, -0.2) is 41.9 Å². The molecule has 2 nitrogen and oxygen atoms in total. The van der Waals surface area contributed by atoms with Crippen LogP contribution in [0.5, 0.6) is 11.5 Å². The fraction of sp³-hybridized carbons (Fsp3) is 0.286. The second-order valence-electron chi connectivity index (χ2n) is 9.40. The smallest absolute Gasteiger partial charge is 0.600 e. The van der Waals surface area contributed by atoms with Crippen LogP contribution in [0.4, 0.5) is 17.6 Å². The minimum absolute atomic E-state index is 0. The van der Waals surface area contributed by atoms with Gasteiger partial charge in [0.15, 0.2) is 0 Å². The van der Waals surface area contributed by atoms with E-state index in [4.69, 9.17) is 8.85 Å². The van der Waals surface area contributed by atoms with Crippen molar-refractivity contribution in [3.05, 3.63) is 108 Å². The molecule has 0 bridgehead atoms. The number of rotatable bonds is 4. The van der Waals surface area contributed by atoms with Crippen molar-refractivity contribution < 1.29 is 48.1 Å². The molecule has 0 amide bonds. The SMILES string of the molecule is C[Si](C)(C)Oc1ccc(F)[c-]c1F.C[Si](C)(C)Oc1ccc(F)[c-]c1F.[C-]1=CC=CC1.[C-]1=CC=CC1.[Ti+4]. The van der Waals surface area contributed by atoms with Gasteiger partial charge < -0.3 is 8.85 Å². The van der Waals surface area contributed by atoms with E-state index in [0.29, 0.717) is 0 Å². The summed E-state index contributed by atoms with van der Waals surface area (Å²) in [7, 11) is -3.66. The molecule has 196 valence electrons. The van der Waals surface area contributed by atoms with E-state index in [-0.39, 0.29) is 33.2 Å². The molecule has 9 heteroatoms. The van der Waals surface area contributed by atoms with Gasteiger partial charge in [0.2, 0.25) is 16.6 Å². The van der Waals surface area contributed by atoms with Crippen molar-refractivity contribution in [3.8, 4) is 11.5 Å². The summed E-state index contributed by atoms with van der Waals surface area (Å²) in [5.74, 6) is -2.77. The summed E-state index contributed by atoms with van der Waals surface area (Å²) in [6, 6.07) is 8.71. The van der Waals surface area contributed by atoms with Gasteiger partial charge in [-0.05, 0) is 39.3 Å². The molecule has 2 aromatic carbocycles. The zero-order valence-electron chi connectivity index (χ0n) is 22.0. The predicted molar refractivity (Wildman–Crippen MR) is 141 cm³/mol. The van der Waals surface area contributed by atoms with Crippen molar-refractivity contribution in [3.63, 3.8) is 0 Å². The van der Waals surface area contributed by atoms with Gasteiger partial charge in [0, 0.05) is 23.1 Å². The Labute approximate surface area is 235 Å². The van der Waals surface area contributed by atoms with E-state index in [1.54, 1.807) is 0 Å². The van der Waals surface area contributed by atoms with Crippen LogP contribution in [0.3, 0.4) is 0 Å². The maximum atomic E-state index is 13.0. The molecule has 0 aliphatic heterocycles. The van der Waals surface area contributed by atoms with Gasteiger partial charge in [0.05, 0.1) is 11.6 Å². The topological polar surface area (TPSA) is 18.5 Å². The first-order chi connectivity index (χ1) is 16.8. The van der Waals surface area contributed by atoms with E-state index in [2.05, 4.69) is 24.3 Å². The van der Waals surface area contributed by atoms with E-state index in [1.807, 2.05) is 75.7 Å². The zero-order chi connectivity index (χ0) is 27.2. The molecule has 2 aliphatic carbocycles. The normalized spacial score (nSPS) is 12.8. The molecule has 0 saturated carbocycles. The third-order valence-electron chi connectivity index (χ3n) is 3.66. The van der Waals surface area contributed by atoms with E-state index in [0.717, 1.165) is 25.0 Å². The number of hydrogen-bond acceptors (Lipinski definition) is 2. The van der Waals surface area contributed by atoms with Crippen LogP contribution in [0.25, 0.3) is 0 Å². The van der Waals surface area contributed by atoms with Crippen molar-refractivity contribution >= 4 is 16.6 Å². The molecule has 0 atom stereocenters. The third-order valence-corrected chi connectivity index (χ3v) is 5.32. The van der Waals surface area contributed by atoms with Gasteiger partial charge in [-0.15, -0.1) is 49.2 Å². The first-order valence-corrected chi connectivity index (χ1v) is 18.1. The minimum Gasteiger partial charge on any atom is -0.600 e. The van der Waals surface area contributed by atoms with Gasteiger partial charge in [-0.2, -0.15) is 12.2 Å². The molecule has 0 fully saturated rings. The van der Waals surface area contributed by atoms with Crippen LogP contribution < -0.4 is 8.85 Å². The summed E-state index contributed by atoms with van der Waals surface area (Å²) in [6.07, 6.45) is 20.0. The van der Waals surface area contributed by atoms with E-state index < -0.39 is 39.9 Å². The number of halogens is 4. The fourth-order valence-corrected chi connectivity index (χ4v) is 3.99. The number of hydrogen-bond donors (Lipinski definition) is 0. The molecule has 0 spiro atoms. The van der Waals surface area contributed by atoms with E-state index in [1.165, 1.54) is 12.1 Å². The Morgan fingerprint density at radius 2 is 0.973 bits per heavy atom. The maximum absolute atomic E-state index is 13.0. The Kier molecular flexibility index (Phi) is 16.4. The molecule has 0 radical (unpaired) electrons. The Bertz CT molecular complexity index is 967. The van der Waals surface area contributed by atoms with Crippen molar-refractivity contribution in [2.45, 2.75) is 52.1 Å². The number of allylic oxidation sites excluding steroid dienone is 8. The Hall–Kier alpha value is -2.13. The van der Waals surface area contributed by atoms with Crippen molar-refractivity contribution in [1.29, 1.82) is 0 Å². The van der Waals surface area contributed by atoms with E-state index >= 15 is 0 Å². The summed E-state index contributed by atoms with van der Waals surface area (Å²) in [6.45, 7) is 11.6.